The summed E-state index contributed by atoms with van der Waals surface area (Å²) in [5.74, 6) is 0.242. The lowest BCUT2D eigenvalue weighted by molar-refractivity contribution is -0.220. The maximum Gasteiger partial charge on any atom is 0.204 e. The van der Waals surface area contributed by atoms with Crippen LogP contribution in [0.1, 0.15) is 258 Å². The minimum Gasteiger partial charge on any atom is -0.508 e. The maximum atomic E-state index is 13.9. The summed E-state index contributed by atoms with van der Waals surface area (Å²) < 4.78 is 167. The second kappa shape index (κ2) is 47.0. The van der Waals surface area contributed by atoms with E-state index in [1.54, 1.807) is 50.6 Å². The zero-order valence-electron chi connectivity index (χ0n) is 83.9. The van der Waals surface area contributed by atoms with Gasteiger partial charge in [0.1, 0.15) is 10.6 Å². The van der Waals surface area contributed by atoms with Crippen molar-refractivity contribution in [1.82, 2.24) is 25.8 Å². The predicted octanol–water partition coefficient (Wildman–Crippen LogP) is 20.3. The molecule has 33 heteroatoms. The van der Waals surface area contributed by atoms with Crippen LogP contribution >= 0.6 is 0 Å². The molecule has 0 radical (unpaired) electrons. The Hall–Kier alpha value is -10.4. The van der Waals surface area contributed by atoms with E-state index in [2.05, 4.69) is 24.5 Å². The van der Waals surface area contributed by atoms with Crippen molar-refractivity contribution in [3.05, 3.63) is 268 Å². The van der Waals surface area contributed by atoms with Crippen LogP contribution in [0.2, 0.25) is 0 Å². The van der Waals surface area contributed by atoms with Gasteiger partial charge in [-0.15, -0.1) is 0 Å². The van der Waals surface area contributed by atoms with Gasteiger partial charge in [0.25, 0.3) is 0 Å². The molecule has 2 unspecified atom stereocenters. The summed E-state index contributed by atoms with van der Waals surface area (Å²) in [6.45, 7) is 20.1. The van der Waals surface area contributed by atoms with Crippen LogP contribution in [-0.2, 0) is 54.0 Å². The minimum atomic E-state index is -3.87. The van der Waals surface area contributed by atoms with Crippen molar-refractivity contribution in [1.29, 1.82) is 0 Å². The topological polar surface area (TPSA) is 390 Å². The molecule has 141 heavy (non-hydrogen) atoms. The quantitative estimate of drug-likeness (QED) is 0.0211. The van der Waals surface area contributed by atoms with Gasteiger partial charge in [0.2, 0.25) is 5.75 Å². The van der Waals surface area contributed by atoms with E-state index in [-0.39, 0.29) is 99.6 Å². The summed E-state index contributed by atoms with van der Waals surface area (Å²) in [6.07, 6.45) is 11.4. The third kappa shape index (κ3) is 23.4. The monoisotopic (exact) mass is 2040 g/mol. The number of hydrogen-bond donors (Lipinski definition) is 8. The minimum absolute atomic E-state index is 0.00486. The molecule has 0 spiro atoms. The number of sulfone groups is 5. The first-order valence-corrected chi connectivity index (χ1v) is 56.6. The van der Waals surface area contributed by atoms with Gasteiger partial charge in [-0.25, -0.2) is 42.1 Å². The molecule has 0 saturated carbocycles. The van der Waals surface area contributed by atoms with Gasteiger partial charge < -0.3 is 64.1 Å². The smallest absolute Gasteiger partial charge is 0.204 e. The van der Waals surface area contributed by atoms with Gasteiger partial charge in [0, 0.05) is 34.8 Å². The zero-order chi connectivity index (χ0) is 103. The summed E-state index contributed by atoms with van der Waals surface area (Å²) in [4.78, 5) is 6.67. The molecule has 15 rings (SSSR count). The van der Waals surface area contributed by atoms with Crippen molar-refractivity contribution in [2.24, 2.45) is 0 Å². The molecule has 5 heterocycles. The van der Waals surface area contributed by atoms with Crippen LogP contribution in [0.25, 0.3) is 0 Å². The molecule has 0 aromatic heterocycles. The number of hydroxylamine groups is 6. The highest BCUT2D eigenvalue weighted by molar-refractivity contribution is 7.92. The largest absolute Gasteiger partial charge is 0.508 e. The Balaban J connectivity index is 0.000000169. The molecule has 8 N–H and O–H groups in total. The van der Waals surface area contributed by atoms with E-state index in [0.717, 1.165) is 78.3 Å². The van der Waals surface area contributed by atoms with Crippen molar-refractivity contribution in [2.45, 2.75) is 254 Å². The highest BCUT2D eigenvalue weighted by atomic mass is 32.2. The second-order valence-corrected chi connectivity index (χ2v) is 46.7. The number of phenolic OH excluding ortho intramolecular Hbond substituents is 4. The third-order valence-electron chi connectivity index (χ3n) is 28.8. The van der Waals surface area contributed by atoms with Crippen molar-refractivity contribution in [3.8, 4) is 57.5 Å². The molecule has 8 atom stereocenters. The van der Waals surface area contributed by atoms with Crippen molar-refractivity contribution < 1.29 is 106 Å². The first-order valence-electron chi connectivity index (χ1n) is 48.3. The fourth-order valence-corrected chi connectivity index (χ4v) is 31.5. The average Bonchev–Trinajstić information content (AvgIpc) is 1.58. The number of rotatable bonds is 28. The molecule has 10 aromatic carbocycles. The second-order valence-electron chi connectivity index (χ2n) is 36.9. The van der Waals surface area contributed by atoms with Crippen molar-refractivity contribution in [3.63, 3.8) is 0 Å². The number of fused-ring (bicyclic) bond motifs is 5. The lowest BCUT2D eigenvalue weighted by Crippen LogP contribution is -2.52. The van der Waals surface area contributed by atoms with Gasteiger partial charge in [-0.1, -0.05) is 265 Å². The van der Waals surface area contributed by atoms with Crippen LogP contribution in [0.4, 0.5) is 0 Å². The van der Waals surface area contributed by atoms with E-state index in [1.807, 2.05) is 212 Å². The standard InChI is InChI=1S/C24H33NO6S.C24H33NO5S.C21H27NO5S.C20H25NO4S.C19H23NO3S/c1-6-8-14-24(7-2)16-32(27,28)23-18(15-19(29-3)21(30-4)22(23)31-5)20(25(24)26)17-12-10-9-11-13-17;1-6-8-14-24(7-2)17-31(26,27)22-16-21(29-4)20(28-3)15-19(22)23(25(24)30-5)18-12-10-9-11-13-18;1-3-5-11-21(4-2)14-28(26,27)19-13-18(24)17(23)12-16(19)20(22(21)25)15-9-7-6-8-10-15;1-4-20(5-2)13-26(23,24)18-12-16(22)17(25-3)11-15(18)19(21-20)14-9-7-6-8-10-14;1-3-19(4-2)13-24(22,23)17-12-15(21)10-11-16(17)18(20-19)14-8-6-5-7-9-14/h9-13,15,20,26H,6-8,14,16H2,1-5H3;9-13,15-16,23H,6-8,14,17H2,1-5H3;6-10,12-13,20,23-25H,3-5,11,14H2,1-2H3;6-12,19,21-22H,4-5,13H2,1-3H3;5-12,18,20-21H,3-4,13H2,1-2H3/t20-,24-;23-,24-;20-,21-;;/m111../s1. The van der Waals surface area contributed by atoms with Gasteiger partial charge in [0.15, 0.2) is 95.2 Å². The summed E-state index contributed by atoms with van der Waals surface area (Å²) in [7, 11) is -7.88. The number of ether oxygens (including phenoxy) is 6. The molecular formula is C108H141N5O23S5. The molecule has 0 amide bonds. The first kappa shape index (κ1) is 111. The summed E-state index contributed by atoms with van der Waals surface area (Å²) >= 11 is 0. The van der Waals surface area contributed by atoms with Crippen LogP contribution in [0.15, 0.2) is 237 Å². The lowest BCUT2D eigenvalue weighted by Gasteiger charge is -2.44. The summed E-state index contributed by atoms with van der Waals surface area (Å²) in [6, 6.07) is 60.6. The lowest BCUT2D eigenvalue weighted by atomic mass is 9.87. The molecule has 5 aliphatic heterocycles. The van der Waals surface area contributed by atoms with Crippen LogP contribution in [0.3, 0.4) is 0 Å². The van der Waals surface area contributed by atoms with E-state index < -0.39 is 107 Å². The highest BCUT2D eigenvalue weighted by Crippen LogP contribution is 2.55. The molecule has 0 saturated heterocycles. The number of nitrogens with one attached hydrogen (secondary N) is 2. The normalized spacial score (nSPS) is 22.6. The molecule has 766 valence electrons. The molecule has 10 aromatic rings. The number of methoxy groups -OCH3 is 6. The molecule has 0 aliphatic carbocycles. The SMILES string of the molecule is CCC1(CC)CS(=O)(=O)c2cc(O)c(OC)cc2C(c2ccccc2)N1.CCC1(CC)CS(=O)(=O)c2cc(O)ccc2C(c2ccccc2)N1.CCCC[C@]1(CC)CS(=O)(=O)c2c(cc(OC)c(OC)c2OC)[C@@H](c2ccccc2)N1O.CCCC[C@]1(CC)CS(=O)(=O)c2cc(O)c(O)cc2[C@@H](c2ccccc2)N1O.CCCC[C@]1(CC)CS(=O)(=O)c2cc(OC)c(OC)cc2[C@@H](c2ccccc2)N1OC. The molecule has 0 fully saturated rings. The van der Waals surface area contributed by atoms with Crippen LogP contribution in [0, 0.1) is 0 Å². The van der Waals surface area contributed by atoms with Gasteiger partial charge in [0.05, 0.1) is 145 Å². The Kier molecular flexibility index (Phi) is 37.0. The Morgan fingerprint density at radius 2 is 0.645 bits per heavy atom. The summed E-state index contributed by atoms with van der Waals surface area (Å²) in [5, 5.41) is 74.7. The number of unbranched alkanes of at least 4 members (excludes halogenated alkanes) is 3. The van der Waals surface area contributed by atoms with Crippen LogP contribution < -0.4 is 39.1 Å². The Labute approximate surface area is 833 Å². The number of benzene rings is 10. The molecular weight excluding hydrogens is 1900 g/mol. The van der Waals surface area contributed by atoms with E-state index >= 15 is 0 Å². The first-order chi connectivity index (χ1) is 67.2. The van der Waals surface area contributed by atoms with Gasteiger partial charge >= 0.3 is 0 Å². The molecule has 5 aliphatic rings. The van der Waals surface area contributed by atoms with E-state index in [1.165, 1.54) is 58.8 Å². The number of aromatic hydroxyl groups is 4. The number of phenols is 4. The van der Waals surface area contributed by atoms with Crippen molar-refractivity contribution >= 4 is 49.2 Å². The Morgan fingerprint density at radius 1 is 0.312 bits per heavy atom. The fraction of sp³-hybridized carbons (Fsp3) is 0.444. The Bertz CT molecular complexity index is 6510. The highest BCUT2D eigenvalue weighted by Gasteiger charge is 2.54. The van der Waals surface area contributed by atoms with Crippen LogP contribution in [-0.4, -0.2) is 194 Å². The fourth-order valence-electron chi connectivity index (χ4n) is 20.5. The number of nitrogens with zero attached hydrogens (tertiary/aromatic N) is 3. The maximum absolute atomic E-state index is 13.9. The molecule has 28 nitrogen and oxygen atoms in total. The Morgan fingerprint density at radius 3 is 1.06 bits per heavy atom. The predicted molar refractivity (Wildman–Crippen MR) is 547 cm³/mol. The van der Waals surface area contributed by atoms with E-state index in [0.29, 0.717) is 103 Å². The van der Waals surface area contributed by atoms with Crippen LogP contribution in [0.5, 0.6) is 57.5 Å². The van der Waals surface area contributed by atoms with Gasteiger partial charge in [-0.2, -0.15) is 15.2 Å². The zero-order valence-corrected chi connectivity index (χ0v) is 88.0. The third-order valence-corrected chi connectivity index (χ3v) is 38.5. The van der Waals surface area contributed by atoms with Gasteiger partial charge in [-0.05, 0) is 151 Å². The summed E-state index contributed by atoms with van der Waals surface area (Å²) in [5.41, 5.74) is 3.42. The molecule has 0 bridgehead atoms. The van der Waals surface area contributed by atoms with E-state index in [4.69, 9.17) is 33.3 Å². The van der Waals surface area contributed by atoms with E-state index in [9.17, 15) is 72.9 Å². The van der Waals surface area contributed by atoms with Gasteiger partial charge in [-0.3, -0.25) is 10.6 Å². The van der Waals surface area contributed by atoms with Crippen molar-refractivity contribution in [2.75, 3.05) is 78.5 Å². The number of hydrogen-bond acceptors (Lipinski definition) is 28. The average molecular weight is 2040 g/mol.